The molecule has 120 valence electrons. The first-order valence-electron chi connectivity index (χ1n) is 7.44. The zero-order valence-corrected chi connectivity index (χ0v) is 12.7. The van der Waals surface area contributed by atoms with Crippen LogP contribution in [0.1, 0.15) is 0 Å². The molecule has 0 atom stereocenters. The van der Waals surface area contributed by atoms with Gasteiger partial charge in [0.15, 0.2) is 5.82 Å². The molecule has 0 aliphatic carbocycles. The van der Waals surface area contributed by atoms with Crippen LogP contribution < -0.4 is 11.1 Å². The number of aromatic amines is 1. The van der Waals surface area contributed by atoms with Gasteiger partial charge in [-0.05, 0) is 12.1 Å². The lowest BCUT2D eigenvalue weighted by Crippen LogP contribution is -2.14. The summed E-state index contributed by atoms with van der Waals surface area (Å²) in [4.78, 5) is 12.8. The molecule has 0 bridgehead atoms. The van der Waals surface area contributed by atoms with Crippen molar-refractivity contribution >= 4 is 22.8 Å². The van der Waals surface area contributed by atoms with Crippen molar-refractivity contribution in [1.29, 1.82) is 0 Å². The van der Waals surface area contributed by atoms with Gasteiger partial charge in [-0.15, -0.1) is 0 Å². The van der Waals surface area contributed by atoms with E-state index in [2.05, 4.69) is 35.6 Å². The summed E-state index contributed by atoms with van der Waals surface area (Å²) in [5.74, 6) is 1.13. The molecule has 4 N–H and O–H groups in total. The molecule has 3 heterocycles. The molecular formula is C15H15N9. The predicted molar refractivity (Wildman–Crippen MR) is 90.0 cm³/mol. The summed E-state index contributed by atoms with van der Waals surface area (Å²) in [6, 6.07) is 7.70. The van der Waals surface area contributed by atoms with Gasteiger partial charge in [0.25, 0.3) is 0 Å². The Morgan fingerprint density at radius 3 is 3.04 bits per heavy atom. The Kier molecular flexibility index (Phi) is 3.50. The van der Waals surface area contributed by atoms with Crippen LogP contribution in [0.3, 0.4) is 0 Å². The number of fused-ring (bicyclic) bond motifs is 1. The number of hydrogen-bond acceptors (Lipinski definition) is 7. The Hall–Kier alpha value is -3.49. The highest BCUT2D eigenvalue weighted by molar-refractivity contribution is 5.82. The molecule has 4 rings (SSSR count). The molecule has 0 saturated heterocycles. The lowest BCUT2D eigenvalue weighted by molar-refractivity contribution is 0.636. The second-order valence-corrected chi connectivity index (χ2v) is 5.21. The Morgan fingerprint density at radius 1 is 1.21 bits per heavy atom. The van der Waals surface area contributed by atoms with Gasteiger partial charge in [0, 0.05) is 29.9 Å². The van der Waals surface area contributed by atoms with Crippen molar-refractivity contribution < 1.29 is 0 Å². The summed E-state index contributed by atoms with van der Waals surface area (Å²) < 4.78 is 1.82. The standard InChI is InChI=1S/C15H15N9/c16-14-20-13(10-2-3-11-9-18-23-12(11)8-10)21-15(22-14)17-5-7-24-6-1-4-19-24/h1-4,6,8-9H,5,7H2,(H,18,23)(H3,16,17,20,21,22). The van der Waals surface area contributed by atoms with Gasteiger partial charge in [0.1, 0.15) is 0 Å². The van der Waals surface area contributed by atoms with E-state index in [9.17, 15) is 0 Å². The Balaban J connectivity index is 1.56. The summed E-state index contributed by atoms with van der Waals surface area (Å²) in [7, 11) is 0. The number of nitrogens with one attached hydrogen (secondary N) is 2. The second-order valence-electron chi connectivity index (χ2n) is 5.21. The quantitative estimate of drug-likeness (QED) is 0.506. The number of hydrogen-bond donors (Lipinski definition) is 3. The maximum Gasteiger partial charge on any atom is 0.228 e. The van der Waals surface area contributed by atoms with Gasteiger partial charge in [0.05, 0.1) is 18.3 Å². The van der Waals surface area contributed by atoms with Gasteiger partial charge in [-0.1, -0.05) is 12.1 Å². The molecule has 0 aliphatic heterocycles. The fourth-order valence-corrected chi connectivity index (χ4v) is 2.39. The summed E-state index contributed by atoms with van der Waals surface area (Å²) >= 11 is 0. The highest BCUT2D eigenvalue weighted by atomic mass is 15.3. The average molecular weight is 321 g/mol. The van der Waals surface area contributed by atoms with Crippen molar-refractivity contribution in [2.75, 3.05) is 17.6 Å². The molecule has 0 spiro atoms. The molecule has 24 heavy (non-hydrogen) atoms. The van der Waals surface area contributed by atoms with Crippen molar-refractivity contribution in [2.45, 2.75) is 6.54 Å². The van der Waals surface area contributed by atoms with E-state index in [1.807, 2.05) is 35.1 Å². The van der Waals surface area contributed by atoms with Gasteiger partial charge in [-0.25, -0.2) is 0 Å². The third kappa shape index (κ3) is 2.86. The van der Waals surface area contributed by atoms with Gasteiger partial charge < -0.3 is 11.1 Å². The largest absolute Gasteiger partial charge is 0.368 e. The Bertz CT molecular complexity index is 958. The summed E-state index contributed by atoms with van der Waals surface area (Å²) in [6.45, 7) is 1.33. The zero-order chi connectivity index (χ0) is 16.4. The van der Waals surface area contributed by atoms with Crippen LogP contribution in [0.15, 0.2) is 42.9 Å². The molecule has 0 saturated carbocycles. The maximum atomic E-state index is 5.82. The number of nitrogens with two attached hydrogens (primary N) is 1. The molecule has 0 unspecified atom stereocenters. The number of anilines is 2. The van der Waals surface area contributed by atoms with Crippen LogP contribution in [0.2, 0.25) is 0 Å². The van der Waals surface area contributed by atoms with Gasteiger partial charge in [-0.3, -0.25) is 9.78 Å². The number of nitrogens with zero attached hydrogens (tertiary/aromatic N) is 6. The van der Waals surface area contributed by atoms with Gasteiger partial charge in [0.2, 0.25) is 11.9 Å². The molecule has 4 aromatic rings. The maximum absolute atomic E-state index is 5.82. The molecule has 0 fully saturated rings. The summed E-state index contributed by atoms with van der Waals surface area (Å²) in [6.07, 6.45) is 5.41. The fraction of sp³-hybridized carbons (Fsp3) is 0.133. The van der Waals surface area contributed by atoms with E-state index in [-0.39, 0.29) is 5.95 Å². The first kappa shape index (κ1) is 14.1. The zero-order valence-electron chi connectivity index (χ0n) is 12.7. The smallest absolute Gasteiger partial charge is 0.228 e. The number of nitrogen functional groups attached to an aromatic ring is 1. The minimum absolute atomic E-state index is 0.172. The number of benzene rings is 1. The van der Waals surface area contributed by atoms with Crippen LogP contribution in [-0.2, 0) is 6.54 Å². The molecule has 0 amide bonds. The van der Waals surface area contributed by atoms with E-state index in [4.69, 9.17) is 5.73 Å². The molecule has 0 radical (unpaired) electrons. The molecule has 9 nitrogen and oxygen atoms in total. The minimum Gasteiger partial charge on any atom is -0.368 e. The van der Waals surface area contributed by atoms with Crippen LogP contribution in [0.25, 0.3) is 22.3 Å². The number of aromatic nitrogens is 7. The molecular weight excluding hydrogens is 306 g/mol. The van der Waals surface area contributed by atoms with E-state index in [1.165, 1.54) is 0 Å². The van der Waals surface area contributed by atoms with Crippen molar-refractivity contribution in [3.63, 3.8) is 0 Å². The minimum atomic E-state index is 0.172. The van der Waals surface area contributed by atoms with E-state index >= 15 is 0 Å². The van der Waals surface area contributed by atoms with Gasteiger partial charge in [-0.2, -0.15) is 25.1 Å². The van der Waals surface area contributed by atoms with E-state index in [1.54, 1.807) is 12.4 Å². The molecule has 3 aromatic heterocycles. The van der Waals surface area contributed by atoms with Crippen molar-refractivity contribution in [2.24, 2.45) is 0 Å². The first-order chi connectivity index (χ1) is 11.8. The van der Waals surface area contributed by atoms with Crippen LogP contribution in [-0.4, -0.2) is 41.5 Å². The topological polar surface area (TPSA) is 123 Å². The summed E-state index contributed by atoms with van der Waals surface area (Å²) in [5, 5.41) is 15.3. The third-order valence-corrected chi connectivity index (χ3v) is 3.54. The number of rotatable bonds is 5. The molecule has 1 aromatic carbocycles. The van der Waals surface area contributed by atoms with Crippen molar-refractivity contribution in [1.82, 2.24) is 34.9 Å². The van der Waals surface area contributed by atoms with E-state index in [0.29, 0.717) is 24.9 Å². The van der Waals surface area contributed by atoms with Crippen LogP contribution >= 0.6 is 0 Å². The van der Waals surface area contributed by atoms with Gasteiger partial charge >= 0.3 is 0 Å². The van der Waals surface area contributed by atoms with Crippen LogP contribution in [0.4, 0.5) is 11.9 Å². The van der Waals surface area contributed by atoms with Crippen LogP contribution in [0.5, 0.6) is 0 Å². The number of H-pyrrole nitrogens is 1. The lowest BCUT2D eigenvalue weighted by atomic mass is 10.1. The Labute approximate surface area is 137 Å². The van der Waals surface area contributed by atoms with E-state index < -0.39 is 0 Å². The molecule has 0 aliphatic rings. The lowest BCUT2D eigenvalue weighted by Gasteiger charge is -2.07. The average Bonchev–Trinajstić information content (AvgIpc) is 3.25. The normalized spacial score (nSPS) is 11.0. The highest BCUT2D eigenvalue weighted by Crippen LogP contribution is 2.21. The monoisotopic (exact) mass is 321 g/mol. The van der Waals surface area contributed by atoms with Crippen LogP contribution in [0, 0.1) is 0 Å². The fourth-order valence-electron chi connectivity index (χ4n) is 2.39. The van der Waals surface area contributed by atoms with Crippen molar-refractivity contribution in [3.05, 3.63) is 42.9 Å². The Morgan fingerprint density at radius 2 is 2.17 bits per heavy atom. The van der Waals surface area contributed by atoms with E-state index in [0.717, 1.165) is 16.5 Å². The molecule has 9 heteroatoms. The second kappa shape index (κ2) is 5.95. The highest BCUT2D eigenvalue weighted by Gasteiger charge is 2.08. The predicted octanol–water partition coefficient (Wildman–Crippen LogP) is 1.31. The van der Waals surface area contributed by atoms with Crippen molar-refractivity contribution in [3.8, 4) is 11.4 Å². The third-order valence-electron chi connectivity index (χ3n) is 3.54. The summed E-state index contributed by atoms with van der Waals surface area (Å²) in [5.41, 5.74) is 7.58. The SMILES string of the molecule is Nc1nc(NCCn2cccn2)nc(-c2ccc3cn[nH]c3c2)n1. The first-order valence-corrected chi connectivity index (χ1v) is 7.44.